The molecule has 19 heavy (non-hydrogen) atoms. The first kappa shape index (κ1) is 14.7. The Bertz CT molecular complexity index is 638. The second-order valence-corrected chi connectivity index (χ2v) is 7.54. The van der Waals surface area contributed by atoms with E-state index in [-0.39, 0.29) is 10.9 Å². The summed E-state index contributed by atoms with van der Waals surface area (Å²) in [7, 11) is -3.52. The first-order chi connectivity index (χ1) is 9.04. The van der Waals surface area contributed by atoms with Crippen LogP contribution in [-0.4, -0.2) is 8.42 Å². The van der Waals surface area contributed by atoms with Crippen molar-refractivity contribution in [1.29, 1.82) is 0 Å². The fourth-order valence-electron chi connectivity index (χ4n) is 1.75. The first-order valence-electron chi connectivity index (χ1n) is 5.85. The lowest BCUT2D eigenvalue weighted by Crippen LogP contribution is -2.28. The van der Waals surface area contributed by atoms with Crippen molar-refractivity contribution in [3.63, 3.8) is 0 Å². The van der Waals surface area contributed by atoms with Crippen molar-refractivity contribution in [2.45, 2.75) is 24.3 Å². The van der Waals surface area contributed by atoms with Crippen molar-refractivity contribution in [2.75, 3.05) is 0 Å². The van der Waals surface area contributed by atoms with E-state index < -0.39 is 10.0 Å². The van der Waals surface area contributed by atoms with Gasteiger partial charge in [-0.15, -0.1) is 11.3 Å². The van der Waals surface area contributed by atoms with Crippen LogP contribution < -0.4 is 4.72 Å². The van der Waals surface area contributed by atoms with E-state index >= 15 is 0 Å². The van der Waals surface area contributed by atoms with Crippen LogP contribution in [0.5, 0.6) is 0 Å². The number of hydrogen-bond donors (Lipinski definition) is 1. The largest absolute Gasteiger partial charge is 0.242 e. The van der Waals surface area contributed by atoms with Gasteiger partial charge in [0.2, 0.25) is 10.0 Å². The Labute approximate surface area is 125 Å². The molecular formula is C13H14BrNO2S2. The molecule has 2 aromatic rings. The van der Waals surface area contributed by atoms with Crippen LogP contribution in [0.2, 0.25) is 0 Å². The fourth-order valence-corrected chi connectivity index (χ4v) is 4.98. The lowest BCUT2D eigenvalue weighted by molar-refractivity contribution is 0.553. The molecule has 102 valence electrons. The average Bonchev–Trinajstić information content (AvgIpc) is 2.90. The second kappa shape index (κ2) is 6.17. The lowest BCUT2D eigenvalue weighted by Gasteiger charge is -2.16. The second-order valence-electron chi connectivity index (χ2n) is 4.03. The van der Waals surface area contributed by atoms with Crippen LogP contribution >= 0.6 is 27.3 Å². The standard InChI is InChI=1S/C13H14BrNO2S2/c1-2-11(12-7-5-9-18-12)15-19(16,17)13-8-4-3-6-10(13)14/h3-9,11,15H,2H2,1H3. The third-order valence-electron chi connectivity index (χ3n) is 2.72. The Morgan fingerprint density at radius 3 is 2.58 bits per heavy atom. The topological polar surface area (TPSA) is 46.2 Å². The van der Waals surface area contributed by atoms with Gasteiger partial charge in [-0.3, -0.25) is 0 Å². The van der Waals surface area contributed by atoms with E-state index in [1.807, 2.05) is 24.4 Å². The zero-order chi connectivity index (χ0) is 13.9. The Morgan fingerprint density at radius 2 is 2.00 bits per heavy atom. The lowest BCUT2D eigenvalue weighted by atomic mass is 10.2. The molecule has 0 aliphatic heterocycles. The van der Waals surface area contributed by atoms with Crippen LogP contribution in [0.4, 0.5) is 0 Å². The Kier molecular flexibility index (Phi) is 4.78. The maximum atomic E-state index is 12.4. The molecule has 0 aliphatic carbocycles. The molecule has 0 amide bonds. The van der Waals surface area contributed by atoms with Gasteiger partial charge in [0.05, 0.1) is 10.9 Å². The molecule has 0 spiro atoms. The van der Waals surface area contributed by atoms with Gasteiger partial charge in [-0.05, 0) is 45.9 Å². The quantitative estimate of drug-likeness (QED) is 0.878. The third-order valence-corrected chi connectivity index (χ3v) is 6.19. The minimum Gasteiger partial charge on any atom is -0.207 e. The Balaban J connectivity index is 2.29. The van der Waals surface area contributed by atoms with Crippen LogP contribution in [-0.2, 0) is 10.0 Å². The number of benzene rings is 1. The van der Waals surface area contributed by atoms with Crippen LogP contribution in [0.3, 0.4) is 0 Å². The van der Waals surface area contributed by atoms with E-state index in [9.17, 15) is 8.42 Å². The van der Waals surface area contributed by atoms with Crippen molar-refractivity contribution >= 4 is 37.3 Å². The maximum Gasteiger partial charge on any atom is 0.242 e. The van der Waals surface area contributed by atoms with Gasteiger partial charge in [0, 0.05) is 9.35 Å². The highest BCUT2D eigenvalue weighted by Gasteiger charge is 2.22. The summed E-state index contributed by atoms with van der Waals surface area (Å²) in [6.45, 7) is 1.97. The molecule has 1 aromatic heterocycles. The highest BCUT2D eigenvalue weighted by Crippen LogP contribution is 2.26. The molecule has 0 fully saturated rings. The number of halogens is 1. The van der Waals surface area contributed by atoms with Crippen LogP contribution in [0.15, 0.2) is 51.1 Å². The summed E-state index contributed by atoms with van der Waals surface area (Å²) < 4.78 is 28.1. The summed E-state index contributed by atoms with van der Waals surface area (Å²) in [6.07, 6.45) is 0.712. The van der Waals surface area contributed by atoms with Gasteiger partial charge in [-0.1, -0.05) is 25.1 Å². The summed E-state index contributed by atoms with van der Waals surface area (Å²) in [4.78, 5) is 1.29. The summed E-state index contributed by atoms with van der Waals surface area (Å²) in [5, 5.41) is 1.95. The van der Waals surface area contributed by atoms with E-state index in [1.165, 1.54) is 0 Å². The molecule has 1 heterocycles. The van der Waals surface area contributed by atoms with Crippen LogP contribution in [0.25, 0.3) is 0 Å². The van der Waals surface area contributed by atoms with Gasteiger partial charge >= 0.3 is 0 Å². The van der Waals surface area contributed by atoms with Crippen molar-refractivity contribution in [2.24, 2.45) is 0 Å². The smallest absolute Gasteiger partial charge is 0.207 e. The molecule has 0 radical (unpaired) electrons. The molecule has 0 bridgehead atoms. The normalized spacial score (nSPS) is 13.4. The van der Waals surface area contributed by atoms with Crippen molar-refractivity contribution in [3.05, 3.63) is 51.1 Å². The van der Waals surface area contributed by atoms with Gasteiger partial charge in [-0.2, -0.15) is 0 Å². The van der Waals surface area contributed by atoms with Crippen molar-refractivity contribution < 1.29 is 8.42 Å². The van der Waals surface area contributed by atoms with E-state index in [0.29, 0.717) is 10.9 Å². The zero-order valence-electron chi connectivity index (χ0n) is 10.3. The molecule has 1 N–H and O–H groups in total. The maximum absolute atomic E-state index is 12.4. The molecule has 6 heteroatoms. The van der Waals surface area contributed by atoms with E-state index in [0.717, 1.165) is 4.88 Å². The number of thiophene rings is 1. The highest BCUT2D eigenvalue weighted by molar-refractivity contribution is 9.10. The molecular weight excluding hydrogens is 346 g/mol. The molecule has 0 saturated carbocycles. The third kappa shape index (κ3) is 3.45. The summed E-state index contributed by atoms with van der Waals surface area (Å²) in [5.74, 6) is 0. The van der Waals surface area contributed by atoms with Crippen LogP contribution in [0, 0.1) is 0 Å². The molecule has 0 saturated heterocycles. The summed E-state index contributed by atoms with van der Waals surface area (Å²) in [6, 6.07) is 10.5. The molecule has 3 nitrogen and oxygen atoms in total. The van der Waals surface area contributed by atoms with Gasteiger partial charge in [0.1, 0.15) is 0 Å². The van der Waals surface area contributed by atoms with E-state index in [1.54, 1.807) is 35.6 Å². The van der Waals surface area contributed by atoms with Gasteiger partial charge in [0.15, 0.2) is 0 Å². The molecule has 1 aromatic carbocycles. The molecule has 1 unspecified atom stereocenters. The molecule has 0 aliphatic rings. The number of rotatable bonds is 5. The summed E-state index contributed by atoms with van der Waals surface area (Å²) in [5.41, 5.74) is 0. The van der Waals surface area contributed by atoms with Gasteiger partial charge in [-0.25, -0.2) is 13.1 Å². The van der Waals surface area contributed by atoms with E-state index in [2.05, 4.69) is 20.7 Å². The first-order valence-corrected chi connectivity index (χ1v) is 9.00. The predicted octanol–water partition coefficient (Wildman–Crippen LogP) is 3.94. The number of nitrogens with one attached hydrogen (secondary N) is 1. The Hall–Kier alpha value is -0.690. The monoisotopic (exact) mass is 359 g/mol. The number of sulfonamides is 1. The SMILES string of the molecule is CCC(NS(=O)(=O)c1ccccc1Br)c1cccs1. The van der Waals surface area contributed by atoms with E-state index in [4.69, 9.17) is 0 Å². The molecule has 1 atom stereocenters. The van der Waals surface area contributed by atoms with Crippen LogP contribution in [0.1, 0.15) is 24.3 Å². The molecule has 2 rings (SSSR count). The minimum absolute atomic E-state index is 0.183. The Morgan fingerprint density at radius 1 is 1.26 bits per heavy atom. The van der Waals surface area contributed by atoms with Gasteiger partial charge < -0.3 is 0 Å². The average molecular weight is 360 g/mol. The number of hydrogen-bond acceptors (Lipinski definition) is 3. The minimum atomic E-state index is -3.52. The zero-order valence-corrected chi connectivity index (χ0v) is 13.6. The van der Waals surface area contributed by atoms with Gasteiger partial charge in [0.25, 0.3) is 0 Å². The predicted molar refractivity (Wildman–Crippen MR) is 81.8 cm³/mol. The summed E-state index contributed by atoms with van der Waals surface area (Å²) >= 11 is 4.83. The van der Waals surface area contributed by atoms with Crippen molar-refractivity contribution in [3.8, 4) is 0 Å². The van der Waals surface area contributed by atoms with Crippen molar-refractivity contribution in [1.82, 2.24) is 4.72 Å². The highest BCUT2D eigenvalue weighted by atomic mass is 79.9. The fraction of sp³-hybridized carbons (Fsp3) is 0.231.